The average Bonchev–Trinajstić information content (AvgIpc) is 1.12. The van der Waals surface area contributed by atoms with Crippen molar-refractivity contribution in [1.82, 2.24) is 0 Å². The minimum atomic E-state index is -0.874. The fourth-order valence-corrected chi connectivity index (χ4v) is 21.2. The van der Waals surface area contributed by atoms with E-state index in [1.807, 2.05) is 0 Å². The summed E-state index contributed by atoms with van der Waals surface area (Å²) in [5, 5.41) is 12.6. The molecule has 3 heterocycles. The van der Waals surface area contributed by atoms with E-state index in [0.717, 1.165) is 131 Å². The van der Waals surface area contributed by atoms with E-state index in [4.69, 9.17) is 23.7 Å². The van der Waals surface area contributed by atoms with E-state index >= 15 is 0 Å². The van der Waals surface area contributed by atoms with Crippen LogP contribution in [-0.4, -0.2) is 70.7 Å². The second-order valence-electron chi connectivity index (χ2n) is 45.0. The third-order valence-corrected chi connectivity index (χ3v) is 30.0. The first-order valence-corrected chi connectivity index (χ1v) is 53.5. The van der Waals surface area contributed by atoms with Crippen LogP contribution in [0.3, 0.4) is 0 Å². The van der Waals surface area contributed by atoms with Gasteiger partial charge in [-0.15, -0.1) is 0 Å². The number of unbranched alkanes of at least 4 members (excludes halogenated alkanes) is 22. The summed E-state index contributed by atoms with van der Waals surface area (Å²) in [5.74, 6) is 9.28. The zero-order chi connectivity index (χ0) is 85.3. The highest BCUT2D eigenvalue weighted by Crippen LogP contribution is 2.48. The lowest BCUT2D eigenvalue weighted by Crippen LogP contribution is -2.60. The summed E-state index contributed by atoms with van der Waals surface area (Å²) in [7, 11) is 0. The molecule has 0 spiro atoms. The first-order chi connectivity index (χ1) is 55.5. The topological polar surface area (TPSA) is 69.7 Å². The Morgan fingerprint density at radius 3 is 0.922 bits per heavy atom. The lowest BCUT2D eigenvalue weighted by molar-refractivity contribution is -0.287. The maximum atomic E-state index is 12.6. The number of epoxide rings is 1. The van der Waals surface area contributed by atoms with E-state index in [1.165, 1.54) is 347 Å². The van der Waals surface area contributed by atoms with Gasteiger partial charge in [0.2, 0.25) is 0 Å². The highest BCUT2D eigenvalue weighted by molar-refractivity contribution is 5.02. The molecule has 3 rings (SSSR count). The van der Waals surface area contributed by atoms with Crippen LogP contribution in [0.1, 0.15) is 569 Å². The molecule has 6 heteroatoms. The smallest absolute Gasteiger partial charge is 0.0924 e. The van der Waals surface area contributed by atoms with Crippen molar-refractivity contribution >= 4 is 0 Å². The summed E-state index contributed by atoms with van der Waals surface area (Å²) in [5.41, 5.74) is -2.31. The zero-order valence-corrected chi connectivity index (χ0v) is 83.3. The van der Waals surface area contributed by atoms with E-state index < -0.39 is 22.4 Å². The van der Waals surface area contributed by atoms with Crippen molar-refractivity contribution in [2.24, 2.45) is 71.0 Å². The predicted octanol–water partition coefficient (Wildman–Crippen LogP) is 35.8. The molecule has 18 atom stereocenters. The maximum absolute atomic E-state index is 12.6. The monoisotopic (exact) mass is 1630 g/mol. The van der Waals surface area contributed by atoms with Crippen LogP contribution in [0.25, 0.3) is 0 Å². The molecule has 3 aliphatic rings. The van der Waals surface area contributed by atoms with Crippen molar-refractivity contribution in [3.8, 4) is 0 Å². The molecule has 116 heavy (non-hydrogen) atoms. The Kier molecular flexibility index (Phi) is 62.8. The molecule has 692 valence electrons. The second-order valence-corrected chi connectivity index (χ2v) is 45.0. The molecule has 0 aromatic carbocycles. The van der Waals surface area contributed by atoms with Gasteiger partial charge in [0.25, 0.3) is 0 Å². The molecule has 3 saturated heterocycles. The van der Waals surface area contributed by atoms with Crippen LogP contribution in [0.2, 0.25) is 0 Å². The molecule has 18 unspecified atom stereocenters. The number of hydrogen-bond donors (Lipinski definition) is 1. The van der Waals surface area contributed by atoms with Crippen molar-refractivity contribution in [2.75, 3.05) is 6.61 Å². The highest BCUT2D eigenvalue weighted by Gasteiger charge is 2.54. The number of hydrogen-bond acceptors (Lipinski definition) is 6. The normalized spacial score (nSPS) is 23.1. The van der Waals surface area contributed by atoms with Crippen molar-refractivity contribution in [1.29, 1.82) is 0 Å². The molecule has 0 bridgehead atoms. The molecule has 3 aliphatic heterocycles. The van der Waals surface area contributed by atoms with Gasteiger partial charge in [-0.2, -0.15) is 0 Å². The van der Waals surface area contributed by atoms with E-state index in [9.17, 15) is 5.11 Å². The Balaban J connectivity index is 1.75. The van der Waals surface area contributed by atoms with Crippen LogP contribution < -0.4 is 0 Å². The van der Waals surface area contributed by atoms with Gasteiger partial charge in [-0.25, -0.2) is 0 Å². The molecule has 0 saturated carbocycles. The first kappa shape index (κ1) is 110. The lowest BCUT2D eigenvalue weighted by atomic mass is 9.78. The van der Waals surface area contributed by atoms with Gasteiger partial charge >= 0.3 is 0 Å². The number of ether oxygens (including phenoxy) is 5. The van der Waals surface area contributed by atoms with Crippen molar-refractivity contribution in [3.05, 3.63) is 0 Å². The largest absolute Gasteiger partial charge is 0.387 e. The van der Waals surface area contributed by atoms with Crippen LogP contribution in [0.15, 0.2) is 0 Å². The van der Waals surface area contributed by atoms with Crippen LogP contribution in [-0.2, 0) is 23.7 Å². The number of rotatable bonds is 82. The highest BCUT2D eigenvalue weighted by atomic mass is 16.6. The van der Waals surface area contributed by atoms with Gasteiger partial charge in [-0.3, -0.25) is 0 Å². The molecule has 0 aliphatic carbocycles. The summed E-state index contributed by atoms with van der Waals surface area (Å²) in [6.45, 7) is 51.8. The van der Waals surface area contributed by atoms with Gasteiger partial charge in [0.15, 0.2) is 0 Å². The summed E-state index contributed by atoms with van der Waals surface area (Å²) < 4.78 is 37.1. The Morgan fingerprint density at radius 2 is 0.578 bits per heavy atom. The molecule has 1 N–H and O–H groups in total. The SMILES string of the molecule is CCCCCCCCC1OC1CCCCCCCCCCCCCCCCCCCCOC1CCC(C(C)(CCCC(C)CCCC(C)CCCC(C)C)OC(C)(CCCC(C)CCCC(C)CCCC(C)C)C2CCC(C(C)(O)CCCC(C)CCCC(C)CCCC(C)C)O2)OC1(C)CCCC(C)CCCC(C)CCCC(C)C. The van der Waals surface area contributed by atoms with Gasteiger partial charge in [-0.1, -0.05) is 471 Å². The van der Waals surface area contributed by atoms with Crippen molar-refractivity contribution in [3.63, 3.8) is 0 Å². The van der Waals surface area contributed by atoms with E-state index in [-0.39, 0.29) is 24.4 Å². The van der Waals surface area contributed by atoms with Crippen LogP contribution >= 0.6 is 0 Å². The third-order valence-electron chi connectivity index (χ3n) is 30.0. The van der Waals surface area contributed by atoms with Crippen LogP contribution in [0, 0.1) is 71.0 Å². The summed E-state index contributed by atoms with van der Waals surface area (Å²) in [4.78, 5) is 0. The van der Waals surface area contributed by atoms with Crippen molar-refractivity contribution < 1.29 is 28.8 Å². The van der Waals surface area contributed by atoms with Gasteiger partial charge in [0.05, 0.1) is 59.0 Å². The average molecular weight is 1630 g/mol. The third kappa shape index (κ3) is 54.6. The minimum Gasteiger partial charge on any atom is -0.387 e. The van der Waals surface area contributed by atoms with Gasteiger partial charge < -0.3 is 28.8 Å². The summed E-state index contributed by atoms with van der Waals surface area (Å²) >= 11 is 0. The molecule has 0 radical (unpaired) electrons. The van der Waals surface area contributed by atoms with Gasteiger partial charge in [-0.05, 0) is 169 Å². The Bertz CT molecular complexity index is 2190. The minimum absolute atomic E-state index is 0.0454. The fraction of sp³-hybridized carbons (Fsp3) is 1.00. The van der Waals surface area contributed by atoms with Gasteiger partial charge in [0, 0.05) is 6.61 Å². The van der Waals surface area contributed by atoms with E-state index in [2.05, 4.69) is 145 Å². The maximum Gasteiger partial charge on any atom is 0.0924 e. The lowest BCUT2D eigenvalue weighted by Gasteiger charge is -2.53. The summed E-state index contributed by atoms with van der Waals surface area (Å²) in [6.07, 6.45) is 86.5. The molecule has 6 nitrogen and oxygen atoms in total. The van der Waals surface area contributed by atoms with Crippen molar-refractivity contribution in [2.45, 2.75) is 628 Å². The fourth-order valence-electron chi connectivity index (χ4n) is 21.2. The van der Waals surface area contributed by atoms with E-state index in [1.54, 1.807) is 0 Å². The number of aliphatic hydroxyl groups is 1. The summed E-state index contributed by atoms with van der Waals surface area (Å²) in [6, 6.07) is 0. The molecule has 3 fully saturated rings. The zero-order valence-electron chi connectivity index (χ0n) is 83.3. The Hall–Kier alpha value is -0.240. The molecule has 0 aromatic heterocycles. The standard InChI is InChI=1S/C110H216O6/c1-22-23-24-25-40-43-78-101-102(113-101)79-44-41-38-36-34-32-30-28-26-27-29-31-33-35-37-39-42-45-88-112-104-81-83-106(115-108(104,19)85-55-75-98(15)71-51-67-94(11)63-47-59-90(4)5)110(21,87-57-77-100(17)73-53-69-96(13)65-49-61-92(8)9)116-109(20,86-56-76-99(16)72-52-68-95(12)64-48-60-91(6)7)105-82-80-103(114-105)107(18,111)84-54-74-97(14)70-50-66-93(10)62-46-58-89(2)3/h89-106,111H,22-88H2,1-21H3. The first-order valence-electron chi connectivity index (χ1n) is 53.5. The van der Waals surface area contributed by atoms with E-state index in [0.29, 0.717) is 35.9 Å². The molecular weight excluding hydrogens is 1420 g/mol. The quantitative estimate of drug-likeness (QED) is 0.0483. The Morgan fingerprint density at radius 1 is 0.302 bits per heavy atom. The molecule has 0 amide bonds. The molecular formula is C110H216O6. The van der Waals surface area contributed by atoms with Crippen LogP contribution in [0.4, 0.5) is 0 Å². The van der Waals surface area contributed by atoms with Crippen LogP contribution in [0.5, 0.6) is 0 Å². The second kappa shape index (κ2) is 66.2. The predicted molar refractivity (Wildman–Crippen MR) is 512 cm³/mol. The molecule has 0 aromatic rings. The van der Waals surface area contributed by atoms with Gasteiger partial charge in [0.1, 0.15) is 0 Å². The Labute approximate surface area is 730 Å².